The molecule has 0 aromatic carbocycles. The first-order valence-corrected chi connectivity index (χ1v) is 5.71. The van der Waals surface area contributed by atoms with Crippen molar-refractivity contribution in [3.8, 4) is 0 Å². The van der Waals surface area contributed by atoms with Crippen LogP contribution in [-0.4, -0.2) is 20.5 Å². The Hall–Kier alpha value is -0.740. The molecule has 0 saturated heterocycles. The topological polar surface area (TPSA) is 33.2 Å². The predicted octanol–water partition coefficient (Wildman–Crippen LogP) is 1.43. The minimum absolute atomic E-state index is 0.323. The predicted molar refractivity (Wildman–Crippen MR) is 56.9 cm³/mol. The van der Waals surface area contributed by atoms with Crippen molar-refractivity contribution in [1.82, 2.24) is 9.29 Å². The first-order chi connectivity index (χ1) is 6.53. The van der Waals surface area contributed by atoms with Gasteiger partial charge < -0.3 is 0 Å². The van der Waals surface area contributed by atoms with Crippen LogP contribution in [0.5, 0.6) is 0 Å². The Labute approximate surface area is 86.7 Å². The van der Waals surface area contributed by atoms with E-state index in [0.29, 0.717) is 6.54 Å². The van der Waals surface area contributed by atoms with Crippen LogP contribution in [0.2, 0.25) is 0 Å². The van der Waals surface area contributed by atoms with Crippen LogP contribution in [0.15, 0.2) is 18.3 Å². The fourth-order valence-corrected chi connectivity index (χ4v) is 3.26. The van der Waals surface area contributed by atoms with Crippen molar-refractivity contribution in [2.75, 3.05) is 7.05 Å². The summed E-state index contributed by atoms with van der Waals surface area (Å²) in [5, 5.41) is 0. The molecule has 1 atom stereocenters. The van der Waals surface area contributed by atoms with E-state index < -0.39 is 11.0 Å². The van der Waals surface area contributed by atoms with Gasteiger partial charge in [0.1, 0.15) is 11.0 Å². The molecule has 76 valence electrons. The van der Waals surface area contributed by atoms with E-state index in [-0.39, 0.29) is 4.75 Å². The maximum absolute atomic E-state index is 12.0. The number of aromatic nitrogens is 1. The molecule has 1 unspecified atom stereocenters. The van der Waals surface area contributed by atoms with Crippen molar-refractivity contribution in [3.63, 3.8) is 0 Å². The maximum atomic E-state index is 12.0. The van der Waals surface area contributed by atoms with E-state index in [9.17, 15) is 4.21 Å². The van der Waals surface area contributed by atoms with Crippen LogP contribution in [0, 0.1) is 0 Å². The fourth-order valence-electron chi connectivity index (χ4n) is 1.87. The molecular weight excluding hydrogens is 196 g/mol. The highest BCUT2D eigenvalue weighted by Gasteiger charge is 2.37. The highest BCUT2D eigenvalue weighted by Crippen LogP contribution is 2.35. The maximum Gasteiger partial charge on any atom is 0.105 e. The third kappa shape index (κ3) is 1.29. The van der Waals surface area contributed by atoms with Crippen LogP contribution in [-0.2, 0) is 22.3 Å². The van der Waals surface area contributed by atoms with E-state index in [1.165, 1.54) is 0 Å². The molecule has 0 N–H and O–H groups in total. The summed E-state index contributed by atoms with van der Waals surface area (Å²) in [5.74, 6) is 0. The lowest BCUT2D eigenvalue weighted by Gasteiger charge is -2.35. The van der Waals surface area contributed by atoms with Crippen molar-refractivity contribution < 1.29 is 4.21 Å². The Kier molecular flexibility index (Phi) is 2.20. The smallest absolute Gasteiger partial charge is 0.105 e. The van der Waals surface area contributed by atoms with Crippen LogP contribution >= 0.6 is 0 Å². The minimum Gasteiger partial charge on any atom is -0.260 e. The largest absolute Gasteiger partial charge is 0.260 e. The normalized spacial score (nSPS) is 25.8. The van der Waals surface area contributed by atoms with Crippen molar-refractivity contribution in [1.29, 1.82) is 0 Å². The molecule has 0 spiro atoms. The number of hydrogen-bond acceptors (Lipinski definition) is 2. The molecule has 1 aliphatic rings. The number of hydrogen-bond donors (Lipinski definition) is 0. The quantitative estimate of drug-likeness (QED) is 0.649. The molecule has 0 amide bonds. The summed E-state index contributed by atoms with van der Waals surface area (Å²) in [4.78, 5) is 4.32. The lowest BCUT2D eigenvalue weighted by molar-refractivity contribution is 0.461. The monoisotopic (exact) mass is 210 g/mol. The van der Waals surface area contributed by atoms with Gasteiger partial charge >= 0.3 is 0 Å². The number of rotatable bonds is 0. The third-order valence-electron chi connectivity index (χ3n) is 2.63. The zero-order valence-corrected chi connectivity index (χ0v) is 9.47. The average molecular weight is 210 g/mol. The van der Waals surface area contributed by atoms with E-state index in [4.69, 9.17) is 0 Å². The average Bonchev–Trinajstić information content (AvgIpc) is 2.15. The van der Waals surface area contributed by atoms with Crippen molar-refractivity contribution in [2.24, 2.45) is 0 Å². The first kappa shape index (κ1) is 9.80. The van der Waals surface area contributed by atoms with E-state index in [0.717, 1.165) is 11.3 Å². The highest BCUT2D eigenvalue weighted by molar-refractivity contribution is 7.83. The zero-order valence-electron chi connectivity index (χ0n) is 8.65. The fraction of sp³-hybridized carbons (Fsp3) is 0.500. The summed E-state index contributed by atoms with van der Waals surface area (Å²) in [6.45, 7) is 4.67. The third-order valence-corrected chi connectivity index (χ3v) is 4.42. The van der Waals surface area contributed by atoms with E-state index in [2.05, 4.69) is 4.98 Å². The molecule has 1 aromatic rings. The Morgan fingerprint density at radius 2 is 2.29 bits per heavy atom. The number of pyridine rings is 1. The molecule has 1 aliphatic heterocycles. The molecule has 0 aliphatic carbocycles. The van der Waals surface area contributed by atoms with Gasteiger partial charge in [0.05, 0.1) is 17.0 Å². The van der Waals surface area contributed by atoms with E-state index in [1.54, 1.807) is 6.20 Å². The summed E-state index contributed by atoms with van der Waals surface area (Å²) >= 11 is 0. The summed E-state index contributed by atoms with van der Waals surface area (Å²) in [7, 11) is 0.907. The summed E-state index contributed by atoms with van der Waals surface area (Å²) in [6.07, 6.45) is 1.79. The molecule has 3 nitrogen and oxygen atoms in total. The van der Waals surface area contributed by atoms with Crippen LogP contribution in [0.25, 0.3) is 0 Å². The Morgan fingerprint density at radius 3 is 3.00 bits per heavy atom. The SMILES string of the molecule is CN1Cc2ncccc2C(C)(C)S1=O. The molecule has 0 bridgehead atoms. The number of fused-ring (bicyclic) bond motifs is 1. The van der Waals surface area contributed by atoms with Gasteiger partial charge in [-0.25, -0.2) is 8.51 Å². The standard InChI is InChI=1S/C10H14N2OS/c1-10(2)8-5-4-6-11-9(8)7-12(3)14(10)13/h4-6H,7H2,1-3H3. The second-order valence-corrected chi connectivity index (χ2v) is 6.19. The van der Waals surface area contributed by atoms with Gasteiger partial charge in [-0.2, -0.15) is 0 Å². The first-order valence-electron chi connectivity index (χ1n) is 4.61. The van der Waals surface area contributed by atoms with Crippen molar-refractivity contribution >= 4 is 11.0 Å². The molecule has 0 fully saturated rings. The van der Waals surface area contributed by atoms with E-state index in [1.807, 2.05) is 37.3 Å². The molecule has 1 aromatic heterocycles. The summed E-state index contributed by atoms with van der Waals surface area (Å²) in [5.41, 5.74) is 2.15. The lowest BCUT2D eigenvalue weighted by atomic mass is 10.00. The van der Waals surface area contributed by atoms with Crippen LogP contribution in [0.4, 0.5) is 0 Å². The Morgan fingerprint density at radius 1 is 1.57 bits per heavy atom. The second kappa shape index (κ2) is 3.14. The molecule has 2 rings (SSSR count). The van der Waals surface area contributed by atoms with Crippen molar-refractivity contribution in [2.45, 2.75) is 25.1 Å². The van der Waals surface area contributed by atoms with Crippen molar-refractivity contribution in [3.05, 3.63) is 29.6 Å². The van der Waals surface area contributed by atoms with Crippen LogP contribution < -0.4 is 0 Å². The summed E-state index contributed by atoms with van der Waals surface area (Å²) < 4.78 is 13.5. The molecule has 0 radical (unpaired) electrons. The van der Waals surface area contributed by atoms with Crippen LogP contribution in [0.3, 0.4) is 0 Å². The number of nitrogens with zero attached hydrogens (tertiary/aromatic N) is 2. The van der Waals surface area contributed by atoms with Gasteiger partial charge in [-0.3, -0.25) is 4.98 Å². The van der Waals surface area contributed by atoms with Gasteiger partial charge in [0.15, 0.2) is 0 Å². The van der Waals surface area contributed by atoms with Gasteiger partial charge in [-0.15, -0.1) is 0 Å². The lowest BCUT2D eigenvalue weighted by Crippen LogP contribution is -2.41. The summed E-state index contributed by atoms with van der Waals surface area (Å²) in [6, 6.07) is 3.93. The van der Waals surface area contributed by atoms with E-state index >= 15 is 0 Å². The van der Waals surface area contributed by atoms with Gasteiger partial charge in [0, 0.05) is 13.2 Å². The molecule has 2 heterocycles. The van der Waals surface area contributed by atoms with Gasteiger partial charge in [-0.05, 0) is 25.5 Å². The van der Waals surface area contributed by atoms with Gasteiger partial charge in [-0.1, -0.05) is 6.07 Å². The van der Waals surface area contributed by atoms with Crippen LogP contribution in [0.1, 0.15) is 25.1 Å². The molecular formula is C10H14N2OS. The molecule has 0 saturated carbocycles. The molecule has 14 heavy (non-hydrogen) atoms. The highest BCUT2D eigenvalue weighted by atomic mass is 32.2. The zero-order chi connectivity index (χ0) is 10.3. The minimum atomic E-state index is -0.963. The Balaban J connectivity index is 2.60. The molecule has 4 heteroatoms. The Bertz CT molecular complexity index is 389. The van der Waals surface area contributed by atoms with Gasteiger partial charge in [0.2, 0.25) is 0 Å². The van der Waals surface area contributed by atoms with Gasteiger partial charge in [0.25, 0.3) is 0 Å². The second-order valence-electron chi connectivity index (χ2n) is 4.04.